The van der Waals surface area contributed by atoms with Gasteiger partial charge in [-0.1, -0.05) is 30.3 Å². The van der Waals surface area contributed by atoms with Gasteiger partial charge in [0.25, 0.3) is 15.9 Å². The summed E-state index contributed by atoms with van der Waals surface area (Å²) in [5.41, 5.74) is 1.75. The number of sulfonamides is 2. The Morgan fingerprint density at radius 2 is 1.58 bits per heavy atom. The topological polar surface area (TPSA) is 131 Å². The number of rotatable bonds is 10. The first-order valence-electron chi connectivity index (χ1n) is 11.9. The first kappa shape index (κ1) is 27.6. The first-order valence-corrected chi connectivity index (χ1v) is 14.8. The van der Waals surface area contributed by atoms with Gasteiger partial charge in [-0.15, -0.1) is 0 Å². The Bertz CT molecular complexity index is 1470. The summed E-state index contributed by atoms with van der Waals surface area (Å²) < 4.78 is 65.4. The van der Waals surface area contributed by atoms with E-state index in [4.69, 9.17) is 9.47 Å². The third-order valence-corrected chi connectivity index (χ3v) is 9.15. The Morgan fingerprint density at radius 1 is 0.921 bits per heavy atom. The maximum absolute atomic E-state index is 12.7. The SMILES string of the molecule is Cc1cc(S(=O)(=O)Nc2ccccc2)ccc1OCC(=O)NCc1ccc(S(=O)(=O)N2CCOCC2)cc1. The lowest BCUT2D eigenvalue weighted by Crippen LogP contribution is -2.40. The summed E-state index contributed by atoms with van der Waals surface area (Å²) in [7, 11) is -7.35. The fourth-order valence-corrected chi connectivity index (χ4v) is 6.33. The van der Waals surface area contributed by atoms with Gasteiger partial charge in [-0.3, -0.25) is 9.52 Å². The molecule has 0 radical (unpaired) electrons. The van der Waals surface area contributed by atoms with Crippen LogP contribution in [0.25, 0.3) is 0 Å². The highest BCUT2D eigenvalue weighted by Crippen LogP contribution is 2.24. The van der Waals surface area contributed by atoms with Crippen molar-refractivity contribution >= 4 is 31.6 Å². The number of nitrogens with one attached hydrogen (secondary N) is 2. The lowest BCUT2D eigenvalue weighted by molar-refractivity contribution is -0.123. The van der Waals surface area contributed by atoms with Crippen LogP contribution in [0.5, 0.6) is 5.75 Å². The predicted octanol–water partition coefficient (Wildman–Crippen LogP) is 2.51. The number of aryl methyl sites for hydroxylation is 1. The molecule has 0 aliphatic carbocycles. The van der Waals surface area contributed by atoms with Crippen molar-refractivity contribution in [2.24, 2.45) is 0 Å². The largest absolute Gasteiger partial charge is 0.484 e. The molecule has 1 saturated heterocycles. The minimum atomic E-state index is -3.77. The van der Waals surface area contributed by atoms with Gasteiger partial charge in [0.1, 0.15) is 5.75 Å². The van der Waals surface area contributed by atoms with Crippen LogP contribution in [0, 0.1) is 6.92 Å². The van der Waals surface area contributed by atoms with Crippen LogP contribution in [0.1, 0.15) is 11.1 Å². The average Bonchev–Trinajstić information content (AvgIpc) is 2.92. The zero-order valence-corrected chi connectivity index (χ0v) is 22.4. The highest BCUT2D eigenvalue weighted by atomic mass is 32.2. The molecule has 1 aliphatic heterocycles. The highest BCUT2D eigenvalue weighted by Gasteiger charge is 2.26. The molecule has 4 rings (SSSR count). The molecule has 3 aromatic rings. The number of para-hydroxylation sites is 1. The minimum absolute atomic E-state index is 0.0785. The van der Waals surface area contributed by atoms with Gasteiger partial charge in [0.15, 0.2) is 6.61 Å². The molecule has 3 aromatic carbocycles. The fraction of sp³-hybridized carbons (Fsp3) is 0.269. The molecule has 0 atom stereocenters. The molecule has 38 heavy (non-hydrogen) atoms. The summed E-state index contributed by atoms with van der Waals surface area (Å²) in [6.07, 6.45) is 0. The molecule has 0 unspecified atom stereocenters. The van der Waals surface area contributed by atoms with Crippen molar-refractivity contribution in [1.29, 1.82) is 0 Å². The van der Waals surface area contributed by atoms with E-state index in [1.165, 1.54) is 34.6 Å². The molecule has 0 aromatic heterocycles. The summed E-state index contributed by atoms with van der Waals surface area (Å²) in [5, 5.41) is 2.73. The average molecular weight is 560 g/mol. The normalized spacial score (nSPS) is 14.6. The Labute approximate surface area is 222 Å². The molecule has 0 saturated carbocycles. The van der Waals surface area contributed by atoms with Crippen LogP contribution in [-0.2, 0) is 36.1 Å². The molecule has 12 heteroatoms. The molecule has 10 nitrogen and oxygen atoms in total. The second-order valence-corrected chi connectivity index (χ2v) is 12.2. The van der Waals surface area contributed by atoms with E-state index in [1.807, 2.05) is 0 Å². The van der Waals surface area contributed by atoms with E-state index >= 15 is 0 Å². The zero-order chi connectivity index (χ0) is 27.2. The third-order valence-electron chi connectivity index (χ3n) is 5.86. The molecule has 0 bridgehead atoms. The van der Waals surface area contributed by atoms with Crippen molar-refractivity contribution < 1.29 is 31.1 Å². The first-order chi connectivity index (χ1) is 18.1. The number of benzene rings is 3. The van der Waals surface area contributed by atoms with E-state index in [9.17, 15) is 21.6 Å². The molecule has 202 valence electrons. The van der Waals surface area contributed by atoms with E-state index in [0.29, 0.717) is 43.3 Å². The number of anilines is 1. The molecule has 1 amide bonds. The van der Waals surface area contributed by atoms with Crippen molar-refractivity contribution in [3.05, 3.63) is 83.9 Å². The Kier molecular flexibility index (Phi) is 8.67. The Morgan fingerprint density at radius 3 is 2.24 bits per heavy atom. The molecule has 0 spiro atoms. The van der Waals surface area contributed by atoms with Gasteiger partial charge in [-0.25, -0.2) is 16.8 Å². The monoisotopic (exact) mass is 559 g/mol. The van der Waals surface area contributed by atoms with Gasteiger partial charge in [0.2, 0.25) is 10.0 Å². The van der Waals surface area contributed by atoms with E-state index in [2.05, 4.69) is 10.0 Å². The summed E-state index contributed by atoms with van der Waals surface area (Å²) in [6.45, 7) is 3.02. The summed E-state index contributed by atoms with van der Waals surface area (Å²) >= 11 is 0. The number of hydrogen-bond acceptors (Lipinski definition) is 7. The number of ether oxygens (including phenoxy) is 2. The van der Waals surface area contributed by atoms with Crippen molar-refractivity contribution in [1.82, 2.24) is 9.62 Å². The standard InChI is InChI=1S/C26H29N3O7S2/c1-20-17-24(37(31,32)28-22-5-3-2-4-6-22)11-12-25(20)36-19-26(30)27-18-21-7-9-23(10-8-21)38(33,34)29-13-15-35-16-14-29/h2-12,17,28H,13-16,18-19H2,1H3,(H,27,30). The second kappa shape index (κ2) is 11.9. The summed E-state index contributed by atoms with van der Waals surface area (Å²) in [5.74, 6) is 0.00772. The molecule has 2 N–H and O–H groups in total. The number of carbonyl (C=O) groups excluding carboxylic acids is 1. The van der Waals surface area contributed by atoms with Gasteiger partial charge in [0.05, 0.1) is 23.0 Å². The molecular weight excluding hydrogens is 530 g/mol. The number of carbonyl (C=O) groups is 1. The lowest BCUT2D eigenvalue weighted by atomic mass is 10.2. The maximum atomic E-state index is 12.7. The van der Waals surface area contributed by atoms with Crippen LogP contribution < -0.4 is 14.8 Å². The van der Waals surface area contributed by atoms with Crippen LogP contribution in [0.3, 0.4) is 0 Å². The van der Waals surface area contributed by atoms with Crippen LogP contribution in [0.15, 0.2) is 82.6 Å². The second-order valence-electron chi connectivity index (χ2n) is 8.62. The third kappa shape index (κ3) is 6.90. The predicted molar refractivity (Wildman–Crippen MR) is 142 cm³/mol. The number of nitrogens with zero attached hydrogens (tertiary/aromatic N) is 1. The summed E-state index contributed by atoms with van der Waals surface area (Å²) in [4.78, 5) is 12.6. The summed E-state index contributed by atoms with van der Waals surface area (Å²) in [6, 6.07) is 19.3. The Hall–Kier alpha value is -3.45. The smallest absolute Gasteiger partial charge is 0.261 e. The van der Waals surface area contributed by atoms with E-state index < -0.39 is 20.0 Å². The number of morpholine rings is 1. The van der Waals surface area contributed by atoms with Gasteiger partial charge >= 0.3 is 0 Å². The van der Waals surface area contributed by atoms with E-state index in [0.717, 1.165) is 5.56 Å². The van der Waals surface area contributed by atoms with Gasteiger partial charge in [-0.05, 0) is 60.5 Å². The van der Waals surface area contributed by atoms with Crippen LogP contribution in [0.4, 0.5) is 5.69 Å². The van der Waals surface area contributed by atoms with Crippen molar-refractivity contribution in [3.8, 4) is 5.75 Å². The molecule has 1 aliphatic rings. The molecule has 1 fully saturated rings. The van der Waals surface area contributed by atoms with Crippen LogP contribution in [-0.4, -0.2) is 60.0 Å². The number of amides is 1. The molecular formula is C26H29N3O7S2. The highest BCUT2D eigenvalue weighted by molar-refractivity contribution is 7.92. The van der Waals surface area contributed by atoms with E-state index in [-0.39, 0.29) is 28.8 Å². The van der Waals surface area contributed by atoms with Crippen molar-refractivity contribution in [2.75, 3.05) is 37.6 Å². The van der Waals surface area contributed by atoms with Crippen molar-refractivity contribution in [3.63, 3.8) is 0 Å². The van der Waals surface area contributed by atoms with Crippen LogP contribution >= 0.6 is 0 Å². The Balaban J connectivity index is 1.28. The lowest BCUT2D eigenvalue weighted by Gasteiger charge is -2.26. The number of hydrogen-bond donors (Lipinski definition) is 2. The quantitative estimate of drug-likeness (QED) is 0.390. The fourth-order valence-electron chi connectivity index (χ4n) is 3.78. The minimum Gasteiger partial charge on any atom is -0.484 e. The van der Waals surface area contributed by atoms with Gasteiger partial charge in [-0.2, -0.15) is 4.31 Å². The van der Waals surface area contributed by atoms with Gasteiger partial charge < -0.3 is 14.8 Å². The van der Waals surface area contributed by atoms with E-state index in [1.54, 1.807) is 49.4 Å². The van der Waals surface area contributed by atoms with Gasteiger partial charge in [0, 0.05) is 25.3 Å². The van der Waals surface area contributed by atoms with Crippen LogP contribution in [0.2, 0.25) is 0 Å². The zero-order valence-electron chi connectivity index (χ0n) is 20.8. The maximum Gasteiger partial charge on any atom is 0.261 e. The molecule has 1 heterocycles. The van der Waals surface area contributed by atoms with Crippen molar-refractivity contribution in [2.45, 2.75) is 23.3 Å².